The monoisotopic (exact) mass is 232 g/mol. The predicted octanol–water partition coefficient (Wildman–Crippen LogP) is 2.62. The van der Waals surface area contributed by atoms with Gasteiger partial charge in [-0.3, -0.25) is 4.79 Å². The largest absolute Gasteiger partial charge is 0.326 e. The number of hydrogen-bond acceptors (Lipinski definition) is 2. The van der Waals surface area contributed by atoms with Crippen LogP contribution < -0.4 is 11.1 Å². The highest BCUT2D eigenvalue weighted by atomic mass is 16.1. The number of benzene rings is 1. The maximum Gasteiger partial charge on any atom is 0.221 e. The van der Waals surface area contributed by atoms with E-state index < -0.39 is 0 Å². The average Bonchev–Trinajstić information content (AvgIpc) is 2.30. The van der Waals surface area contributed by atoms with Crippen LogP contribution in [0.3, 0.4) is 0 Å². The molecule has 0 saturated carbocycles. The Bertz CT molecular complexity index is 428. The van der Waals surface area contributed by atoms with Gasteiger partial charge in [-0.1, -0.05) is 25.5 Å². The van der Waals surface area contributed by atoms with Crippen LogP contribution in [0.15, 0.2) is 18.2 Å². The molecule has 2 unspecified atom stereocenters. The Kier molecular flexibility index (Phi) is 3.48. The van der Waals surface area contributed by atoms with Gasteiger partial charge in [0.25, 0.3) is 0 Å². The molecule has 0 spiro atoms. The minimum absolute atomic E-state index is 0.0235. The van der Waals surface area contributed by atoms with Crippen LogP contribution in [-0.2, 0) is 11.2 Å². The molecule has 3 N–H and O–H groups in total. The number of amides is 1. The first-order chi connectivity index (χ1) is 8.13. The van der Waals surface area contributed by atoms with Crippen molar-refractivity contribution < 1.29 is 4.79 Å². The van der Waals surface area contributed by atoms with Gasteiger partial charge in [-0.25, -0.2) is 0 Å². The smallest absolute Gasteiger partial charge is 0.221 e. The average molecular weight is 232 g/mol. The van der Waals surface area contributed by atoms with E-state index in [0.29, 0.717) is 5.92 Å². The topological polar surface area (TPSA) is 55.1 Å². The van der Waals surface area contributed by atoms with E-state index in [1.54, 1.807) is 0 Å². The third kappa shape index (κ3) is 2.34. The summed E-state index contributed by atoms with van der Waals surface area (Å²) in [5.41, 5.74) is 9.64. The normalized spacial score (nSPS) is 23.0. The maximum atomic E-state index is 11.2. The molecule has 0 saturated heterocycles. The summed E-state index contributed by atoms with van der Waals surface area (Å²) in [6, 6.07) is 6.13. The molecule has 92 valence electrons. The summed E-state index contributed by atoms with van der Waals surface area (Å²) >= 11 is 0. The van der Waals surface area contributed by atoms with Crippen molar-refractivity contribution in [3.63, 3.8) is 0 Å². The molecule has 0 aliphatic heterocycles. The number of hydrogen-bond donors (Lipinski definition) is 2. The molecule has 1 aliphatic rings. The molecule has 2 atom stereocenters. The highest BCUT2D eigenvalue weighted by Crippen LogP contribution is 2.37. The summed E-state index contributed by atoms with van der Waals surface area (Å²) in [5.74, 6) is 0.541. The van der Waals surface area contributed by atoms with Crippen molar-refractivity contribution in [1.29, 1.82) is 0 Å². The SMILES string of the molecule is CCC1CCc2c(NC(C)=O)cccc2C1N. The number of nitrogens with one attached hydrogen (secondary N) is 1. The number of carbonyl (C=O) groups excluding carboxylic acids is 1. The fourth-order valence-corrected chi connectivity index (χ4v) is 2.72. The fourth-order valence-electron chi connectivity index (χ4n) is 2.72. The molecule has 3 nitrogen and oxygen atoms in total. The third-order valence-corrected chi connectivity index (χ3v) is 3.68. The molecule has 3 heteroatoms. The van der Waals surface area contributed by atoms with Gasteiger partial charge in [0.2, 0.25) is 5.91 Å². The van der Waals surface area contributed by atoms with Crippen molar-refractivity contribution in [2.24, 2.45) is 11.7 Å². The molecule has 0 aromatic heterocycles. The molecule has 0 bridgehead atoms. The summed E-state index contributed by atoms with van der Waals surface area (Å²) < 4.78 is 0. The van der Waals surface area contributed by atoms with Gasteiger partial charge in [-0.05, 0) is 36.0 Å². The zero-order valence-corrected chi connectivity index (χ0v) is 10.5. The molecule has 1 amide bonds. The second-order valence-electron chi connectivity index (χ2n) is 4.79. The van der Waals surface area contributed by atoms with E-state index in [1.165, 1.54) is 18.1 Å². The van der Waals surface area contributed by atoms with Crippen LogP contribution in [-0.4, -0.2) is 5.91 Å². The summed E-state index contributed by atoms with van der Waals surface area (Å²) in [4.78, 5) is 11.2. The van der Waals surface area contributed by atoms with E-state index in [2.05, 4.69) is 18.3 Å². The molecule has 17 heavy (non-hydrogen) atoms. The van der Waals surface area contributed by atoms with Crippen molar-refractivity contribution in [1.82, 2.24) is 0 Å². The van der Waals surface area contributed by atoms with Gasteiger partial charge in [0, 0.05) is 18.7 Å². The highest BCUT2D eigenvalue weighted by molar-refractivity contribution is 5.89. The lowest BCUT2D eigenvalue weighted by atomic mass is 9.78. The van der Waals surface area contributed by atoms with Crippen LogP contribution >= 0.6 is 0 Å². The first kappa shape index (κ1) is 12.1. The Morgan fingerprint density at radius 1 is 1.53 bits per heavy atom. The van der Waals surface area contributed by atoms with Crippen LogP contribution in [0.2, 0.25) is 0 Å². The minimum Gasteiger partial charge on any atom is -0.326 e. The minimum atomic E-state index is -0.0235. The Morgan fingerprint density at radius 3 is 2.94 bits per heavy atom. The maximum absolute atomic E-state index is 11.2. The Morgan fingerprint density at radius 2 is 2.29 bits per heavy atom. The van der Waals surface area contributed by atoms with Crippen LogP contribution in [0.1, 0.15) is 43.9 Å². The molecular weight excluding hydrogens is 212 g/mol. The molecule has 0 fully saturated rings. The van der Waals surface area contributed by atoms with Crippen molar-refractivity contribution in [2.45, 2.75) is 39.2 Å². The summed E-state index contributed by atoms with van der Waals surface area (Å²) in [6.45, 7) is 3.73. The van der Waals surface area contributed by atoms with E-state index in [1.807, 2.05) is 12.1 Å². The number of nitrogens with two attached hydrogens (primary N) is 1. The van der Waals surface area contributed by atoms with Crippen LogP contribution in [0.4, 0.5) is 5.69 Å². The zero-order valence-electron chi connectivity index (χ0n) is 10.5. The van der Waals surface area contributed by atoms with Gasteiger partial charge >= 0.3 is 0 Å². The van der Waals surface area contributed by atoms with Gasteiger partial charge in [-0.15, -0.1) is 0 Å². The van der Waals surface area contributed by atoms with Crippen LogP contribution in [0, 0.1) is 5.92 Å². The Hall–Kier alpha value is -1.35. The van der Waals surface area contributed by atoms with Crippen molar-refractivity contribution in [3.05, 3.63) is 29.3 Å². The van der Waals surface area contributed by atoms with Crippen molar-refractivity contribution in [2.75, 3.05) is 5.32 Å². The summed E-state index contributed by atoms with van der Waals surface area (Å²) in [6.07, 6.45) is 3.24. The zero-order chi connectivity index (χ0) is 12.4. The standard InChI is InChI=1S/C14H20N2O/c1-3-10-7-8-11-12(14(10)15)5-4-6-13(11)16-9(2)17/h4-6,10,14H,3,7-8,15H2,1-2H3,(H,16,17). The van der Waals surface area contributed by atoms with E-state index in [4.69, 9.17) is 5.73 Å². The van der Waals surface area contributed by atoms with Gasteiger partial charge in [0.15, 0.2) is 0 Å². The number of anilines is 1. The number of carbonyl (C=O) groups is 1. The third-order valence-electron chi connectivity index (χ3n) is 3.68. The fraction of sp³-hybridized carbons (Fsp3) is 0.500. The van der Waals surface area contributed by atoms with Crippen molar-refractivity contribution in [3.8, 4) is 0 Å². The number of rotatable bonds is 2. The van der Waals surface area contributed by atoms with E-state index in [9.17, 15) is 4.79 Å². The lowest BCUT2D eigenvalue weighted by molar-refractivity contribution is -0.114. The van der Waals surface area contributed by atoms with Crippen LogP contribution in [0.5, 0.6) is 0 Å². The summed E-state index contributed by atoms with van der Waals surface area (Å²) in [7, 11) is 0. The number of fused-ring (bicyclic) bond motifs is 1. The van der Waals surface area contributed by atoms with Gasteiger partial charge < -0.3 is 11.1 Å². The highest BCUT2D eigenvalue weighted by Gasteiger charge is 2.26. The first-order valence-electron chi connectivity index (χ1n) is 6.28. The Labute approximate surface area is 102 Å². The van der Waals surface area contributed by atoms with Gasteiger partial charge in [0.1, 0.15) is 0 Å². The lowest BCUT2D eigenvalue weighted by Crippen LogP contribution is -2.27. The molecule has 0 heterocycles. The second-order valence-corrected chi connectivity index (χ2v) is 4.79. The second kappa shape index (κ2) is 4.88. The first-order valence-corrected chi connectivity index (χ1v) is 6.28. The lowest BCUT2D eigenvalue weighted by Gasteiger charge is -2.31. The predicted molar refractivity (Wildman–Crippen MR) is 69.8 cm³/mol. The molecule has 1 aliphatic carbocycles. The molecule has 2 rings (SSSR count). The molecule has 0 radical (unpaired) electrons. The molecule has 1 aromatic carbocycles. The molecular formula is C14H20N2O. The van der Waals surface area contributed by atoms with Crippen LogP contribution in [0.25, 0.3) is 0 Å². The molecule has 1 aromatic rings. The van der Waals surface area contributed by atoms with E-state index >= 15 is 0 Å². The van der Waals surface area contributed by atoms with Gasteiger partial charge in [-0.2, -0.15) is 0 Å². The van der Waals surface area contributed by atoms with E-state index in [0.717, 1.165) is 24.9 Å². The van der Waals surface area contributed by atoms with Gasteiger partial charge in [0.05, 0.1) is 0 Å². The quantitative estimate of drug-likeness (QED) is 0.823. The summed E-state index contributed by atoms with van der Waals surface area (Å²) in [5, 5.41) is 2.89. The Balaban J connectivity index is 2.36. The van der Waals surface area contributed by atoms with Crippen molar-refractivity contribution >= 4 is 11.6 Å². The van der Waals surface area contributed by atoms with E-state index in [-0.39, 0.29) is 11.9 Å².